The molecule has 3 aromatic rings. The molecule has 7 heteroatoms. The first-order valence-electron chi connectivity index (χ1n) is 9.63. The minimum Gasteiger partial charge on any atom is -0.445 e. The summed E-state index contributed by atoms with van der Waals surface area (Å²) in [5.41, 5.74) is 2.38. The van der Waals surface area contributed by atoms with Gasteiger partial charge in [-0.2, -0.15) is 0 Å². The van der Waals surface area contributed by atoms with Crippen LogP contribution < -0.4 is 5.32 Å². The van der Waals surface area contributed by atoms with Crippen LogP contribution >= 0.6 is 15.9 Å². The molecule has 0 spiro atoms. The molecular formula is C22H22BrN3O3. The number of nitrogens with one attached hydrogen (secondary N) is 2. The van der Waals surface area contributed by atoms with E-state index in [0.717, 1.165) is 33.8 Å². The van der Waals surface area contributed by atoms with Crippen molar-refractivity contribution in [3.8, 4) is 0 Å². The van der Waals surface area contributed by atoms with Gasteiger partial charge in [0.15, 0.2) is 0 Å². The third-order valence-corrected chi connectivity index (χ3v) is 5.54. The molecule has 1 atom stereocenters. The van der Waals surface area contributed by atoms with Crippen LogP contribution in [-0.4, -0.2) is 41.0 Å². The molecule has 29 heavy (non-hydrogen) atoms. The van der Waals surface area contributed by atoms with Crippen molar-refractivity contribution in [2.45, 2.75) is 25.5 Å². The van der Waals surface area contributed by atoms with Gasteiger partial charge in [0.2, 0.25) is 0 Å². The number of likely N-dealkylation sites (tertiary alicyclic amines) is 1. The Bertz CT molecular complexity index is 1020. The Labute approximate surface area is 177 Å². The minimum atomic E-state index is -0.344. The first-order valence-corrected chi connectivity index (χ1v) is 10.4. The predicted octanol–water partition coefficient (Wildman–Crippen LogP) is 4.46. The van der Waals surface area contributed by atoms with Crippen molar-refractivity contribution in [1.82, 2.24) is 15.2 Å². The number of aromatic amines is 1. The Balaban J connectivity index is 1.34. The lowest BCUT2D eigenvalue weighted by Crippen LogP contribution is -2.49. The first-order chi connectivity index (χ1) is 14.1. The van der Waals surface area contributed by atoms with Gasteiger partial charge in [0.25, 0.3) is 5.91 Å². The van der Waals surface area contributed by atoms with E-state index in [-0.39, 0.29) is 24.6 Å². The molecule has 2 amide bonds. The molecule has 1 aliphatic rings. The summed E-state index contributed by atoms with van der Waals surface area (Å²) in [5, 5.41) is 4.01. The van der Waals surface area contributed by atoms with E-state index in [1.165, 1.54) is 0 Å². The largest absolute Gasteiger partial charge is 0.445 e. The Morgan fingerprint density at radius 3 is 2.83 bits per heavy atom. The average molecular weight is 456 g/mol. The van der Waals surface area contributed by atoms with Crippen LogP contribution in [0.1, 0.15) is 28.9 Å². The highest BCUT2D eigenvalue weighted by molar-refractivity contribution is 9.10. The lowest BCUT2D eigenvalue weighted by Gasteiger charge is -2.32. The number of hydrogen-bond acceptors (Lipinski definition) is 3. The van der Waals surface area contributed by atoms with E-state index >= 15 is 0 Å². The molecule has 2 heterocycles. The van der Waals surface area contributed by atoms with Crippen molar-refractivity contribution in [3.05, 3.63) is 70.3 Å². The highest BCUT2D eigenvalue weighted by atomic mass is 79.9. The van der Waals surface area contributed by atoms with Crippen LogP contribution in [0, 0.1) is 0 Å². The first kappa shape index (κ1) is 19.5. The second kappa shape index (κ2) is 8.69. The number of piperidine rings is 1. The number of carbonyl (C=O) groups is 2. The quantitative estimate of drug-likeness (QED) is 0.609. The maximum absolute atomic E-state index is 12.7. The third-order valence-electron chi connectivity index (χ3n) is 5.05. The summed E-state index contributed by atoms with van der Waals surface area (Å²) in [6.45, 7) is 1.34. The maximum atomic E-state index is 12.7. The van der Waals surface area contributed by atoms with Crippen LogP contribution in [0.4, 0.5) is 4.79 Å². The number of fused-ring (bicyclic) bond motifs is 1. The molecule has 1 aromatic heterocycles. The monoisotopic (exact) mass is 455 g/mol. The summed E-state index contributed by atoms with van der Waals surface area (Å²) in [4.78, 5) is 29.9. The van der Waals surface area contributed by atoms with Gasteiger partial charge >= 0.3 is 6.09 Å². The van der Waals surface area contributed by atoms with Gasteiger partial charge in [-0.05, 0) is 42.7 Å². The van der Waals surface area contributed by atoms with Crippen molar-refractivity contribution >= 4 is 38.8 Å². The molecule has 0 aliphatic carbocycles. The molecule has 150 valence electrons. The van der Waals surface area contributed by atoms with Crippen LogP contribution in [0.2, 0.25) is 0 Å². The number of amides is 2. The molecule has 0 bridgehead atoms. The minimum absolute atomic E-state index is 0.0985. The average Bonchev–Trinajstić information content (AvgIpc) is 3.16. The Morgan fingerprint density at radius 1 is 1.17 bits per heavy atom. The van der Waals surface area contributed by atoms with E-state index in [1.54, 1.807) is 4.90 Å². The van der Waals surface area contributed by atoms with Crippen LogP contribution in [-0.2, 0) is 11.3 Å². The van der Waals surface area contributed by atoms with E-state index in [2.05, 4.69) is 26.2 Å². The molecule has 1 aliphatic heterocycles. The standard InChI is InChI=1S/C22H22BrN3O3/c23-17-8-9-19-16(11-17)12-20(25-19)21(27)24-18-7-4-10-26(13-18)22(28)29-14-15-5-2-1-3-6-15/h1-3,5-6,8-9,11-12,18,25H,4,7,10,13-14H2,(H,24,27). The van der Waals surface area contributed by atoms with Crippen molar-refractivity contribution in [3.63, 3.8) is 0 Å². The summed E-state index contributed by atoms with van der Waals surface area (Å²) >= 11 is 3.44. The van der Waals surface area contributed by atoms with Gasteiger partial charge in [-0.1, -0.05) is 46.3 Å². The normalized spacial score (nSPS) is 16.6. The fourth-order valence-electron chi connectivity index (χ4n) is 3.56. The zero-order valence-corrected chi connectivity index (χ0v) is 17.4. The second-order valence-electron chi connectivity index (χ2n) is 7.21. The number of halogens is 1. The van der Waals surface area contributed by atoms with E-state index < -0.39 is 0 Å². The van der Waals surface area contributed by atoms with Crippen LogP contribution in [0.3, 0.4) is 0 Å². The highest BCUT2D eigenvalue weighted by Crippen LogP contribution is 2.21. The fourth-order valence-corrected chi connectivity index (χ4v) is 3.94. The summed E-state index contributed by atoms with van der Waals surface area (Å²) in [7, 11) is 0. The smallest absolute Gasteiger partial charge is 0.410 e. The summed E-state index contributed by atoms with van der Waals surface area (Å²) < 4.78 is 6.39. The second-order valence-corrected chi connectivity index (χ2v) is 8.13. The molecule has 2 aromatic carbocycles. The van der Waals surface area contributed by atoms with E-state index in [1.807, 2.05) is 54.6 Å². The summed E-state index contributed by atoms with van der Waals surface area (Å²) in [6.07, 6.45) is 1.31. The van der Waals surface area contributed by atoms with Crippen molar-refractivity contribution < 1.29 is 14.3 Å². The van der Waals surface area contributed by atoms with Gasteiger partial charge in [-0.25, -0.2) is 4.79 Å². The zero-order chi connectivity index (χ0) is 20.2. The van der Waals surface area contributed by atoms with E-state index in [0.29, 0.717) is 18.8 Å². The summed E-state index contributed by atoms with van der Waals surface area (Å²) in [6, 6.07) is 17.2. The number of ether oxygens (including phenoxy) is 1. The number of carbonyl (C=O) groups excluding carboxylic acids is 2. The van der Waals surface area contributed by atoms with Gasteiger partial charge in [-0.3, -0.25) is 4.79 Å². The predicted molar refractivity (Wildman–Crippen MR) is 115 cm³/mol. The Kier molecular flexibility index (Phi) is 5.85. The van der Waals surface area contributed by atoms with Gasteiger partial charge in [0, 0.05) is 34.5 Å². The van der Waals surface area contributed by atoms with Crippen molar-refractivity contribution in [1.29, 1.82) is 0 Å². The van der Waals surface area contributed by atoms with E-state index in [9.17, 15) is 9.59 Å². The maximum Gasteiger partial charge on any atom is 0.410 e. The zero-order valence-electron chi connectivity index (χ0n) is 15.9. The van der Waals surface area contributed by atoms with Crippen molar-refractivity contribution in [2.24, 2.45) is 0 Å². The molecule has 1 saturated heterocycles. The summed E-state index contributed by atoms with van der Waals surface area (Å²) in [5.74, 6) is -0.165. The number of hydrogen-bond donors (Lipinski definition) is 2. The lowest BCUT2D eigenvalue weighted by molar-refractivity contribution is 0.0768. The van der Waals surface area contributed by atoms with Gasteiger partial charge in [0.05, 0.1) is 0 Å². The van der Waals surface area contributed by atoms with E-state index in [4.69, 9.17) is 4.74 Å². The fraction of sp³-hybridized carbons (Fsp3) is 0.273. The number of benzene rings is 2. The SMILES string of the molecule is O=C(NC1CCCN(C(=O)OCc2ccccc2)C1)c1cc2cc(Br)ccc2[nH]1. The number of aromatic nitrogens is 1. The molecule has 0 saturated carbocycles. The van der Waals surface area contributed by atoms with Gasteiger partial charge in [0.1, 0.15) is 12.3 Å². The molecular weight excluding hydrogens is 434 g/mol. The number of nitrogens with zero attached hydrogens (tertiary/aromatic N) is 1. The van der Waals surface area contributed by atoms with Gasteiger partial charge < -0.3 is 19.9 Å². The molecule has 2 N–H and O–H groups in total. The lowest BCUT2D eigenvalue weighted by atomic mass is 10.1. The topological polar surface area (TPSA) is 74.4 Å². The Morgan fingerprint density at radius 2 is 2.00 bits per heavy atom. The molecule has 1 fully saturated rings. The van der Waals surface area contributed by atoms with Crippen LogP contribution in [0.15, 0.2) is 59.1 Å². The Hall–Kier alpha value is -2.80. The highest BCUT2D eigenvalue weighted by Gasteiger charge is 2.26. The van der Waals surface area contributed by atoms with Crippen LogP contribution in [0.25, 0.3) is 10.9 Å². The van der Waals surface area contributed by atoms with Crippen LogP contribution in [0.5, 0.6) is 0 Å². The molecule has 1 unspecified atom stereocenters. The van der Waals surface area contributed by atoms with Gasteiger partial charge in [-0.15, -0.1) is 0 Å². The molecule has 6 nitrogen and oxygen atoms in total. The molecule has 0 radical (unpaired) electrons. The molecule has 4 rings (SSSR count). The number of H-pyrrole nitrogens is 1. The number of rotatable bonds is 4. The third kappa shape index (κ3) is 4.79. The van der Waals surface area contributed by atoms with Crippen molar-refractivity contribution in [2.75, 3.05) is 13.1 Å².